The Bertz CT molecular complexity index is 622. The first-order valence-electron chi connectivity index (χ1n) is 8.84. The van der Waals surface area contributed by atoms with Crippen LogP contribution in [0.2, 0.25) is 0 Å². The number of ether oxygens (including phenoxy) is 2. The van der Waals surface area contributed by atoms with Crippen LogP contribution in [0.4, 0.5) is 11.4 Å². The van der Waals surface area contributed by atoms with Gasteiger partial charge in [0.25, 0.3) is 0 Å². The highest BCUT2D eigenvalue weighted by atomic mass is 16.5. The van der Waals surface area contributed by atoms with Crippen molar-refractivity contribution in [1.82, 2.24) is 0 Å². The molecular formula is C20H30N2O2. The first-order valence-corrected chi connectivity index (χ1v) is 8.84. The normalized spacial score (nSPS) is 10.8. The molecule has 0 aromatic heterocycles. The molecular weight excluding hydrogens is 300 g/mol. The second kappa shape index (κ2) is 8.13. The van der Waals surface area contributed by atoms with Crippen molar-refractivity contribution >= 4 is 22.1 Å². The van der Waals surface area contributed by atoms with Crippen LogP contribution in [0.25, 0.3) is 10.8 Å². The van der Waals surface area contributed by atoms with Crippen molar-refractivity contribution in [1.29, 1.82) is 0 Å². The van der Waals surface area contributed by atoms with E-state index < -0.39 is 0 Å². The van der Waals surface area contributed by atoms with E-state index in [9.17, 15) is 0 Å². The molecule has 0 saturated carbocycles. The minimum atomic E-state index is 0.910. The lowest BCUT2D eigenvalue weighted by Gasteiger charge is -2.30. The summed E-state index contributed by atoms with van der Waals surface area (Å²) in [5, 5.41) is 2.42. The first kappa shape index (κ1) is 18.2. The van der Waals surface area contributed by atoms with Crippen LogP contribution in [0.15, 0.2) is 24.3 Å². The van der Waals surface area contributed by atoms with Crippen LogP contribution in [0.1, 0.15) is 27.7 Å². The van der Waals surface area contributed by atoms with Gasteiger partial charge in [0.15, 0.2) is 0 Å². The highest BCUT2D eigenvalue weighted by molar-refractivity contribution is 6.08. The van der Waals surface area contributed by atoms with Crippen molar-refractivity contribution < 1.29 is 9.47 Å². The molecule has 132 valence electrons. The molecule has 0 aliphatic heterocycles. The predicted octanol–water partition coefficient (Wildman–Crippen LogP) is 4.55. The number of hydrogen-bond acceptors (Lipinski definition) is 4. The standard InChI is InChI=1S/C20H30N2O2/c1-7-21(8-2)19-16(23-5)13-11-15-12-14-17(24-6)20(18(15)19)22(9-3)10-4/h11-14H,7-10H2,1-6H3. The zero-order valence-electron chi connectivity index (χ0n) is 15.8. The number of hydrogen-bond donors (Lipinski definition) is 0. The van der Waals surface area contributed by atoms with Gasteiger partial charge >= 0.3 is 0 Å². The molecule has 0 aliphatic rings. The number of methoxy groups -OCH3 is 2. The van der Waals surface area contributed by atoms with Crippen LogP contribution >= 0.6 is 0 Å². The number of rotatable bonds is 8. The second-order valence-electron chi connectivity index (χ2n) is 5.68. The highest BCUT2D eigenvalue weighted by Crippen LogP contribution is 2.45. The Morgan fingerprint density at radius 3 is 1.33 bits per heavy atom. The summed E-state index contributed by atoms with van der Waals surface area (Å²) in [4.78, 5) is 4.71. The Hall–Kier alpha value is -2.10. The largest absolute Gasteiger partial charge is 0.495 e. The van der Waals surface area contributed by atoms with E-state index in [4.69, 9.17) is 9.47 Å². The highest BCUT2D eigenvalue weighted by Gasteiger charge is 2.21. The summed E-state index contributed by atoms with van der Waals surface area (Å²) < 4.78 is 11.4. The van der Waals surface area contributed by atoms with E-state index in [0.29, 0.717) is 0 Å². The van der Waals surface area contributed by atoms with Crippen LogP contribution in [0.5, 0.6) is 11.5 Å². The van der Waals surface area contributed by atoms with Crippen molar-refractivity contribution in [2.45, 2.75) is 27.7 Å². The molecule has 0 unspecified atom stereocenters. The minimum absolute atomic E-state index is 0.910. The summed E-state index contributed by atoms with van der Waals surface area (Å²) in [7, 11) is 3.48. The van der Waals surface area contributed by atoms with Crippen molar-refractivity contribution in [3.05, 3.63) is 24.3 Å². The smallest absolute Gasteiger partial charge is 0.142 e. The fourth-order valence-electron chi connectivity index (χ4n) is 3.38. The summed E-state index contributed by atoms with van der Waals surface area (Å²) in [5.41, 5.74) is 2.31. The molecule has 2 aromatic rings. The Labute approximate surface area is 146 Å². The zero-order chi connectivity index (χ0) is 17.7. The molecule has 0 heterocycles. The van der Waals surface area contributed by atoms with E-state index in [2.05, 4.69) is 61.8 Å². The van der Waals surface area contributed by atoms with Crippen LogP contribution < -0.4 is 19.3 Å². The van der Waals surface area contributed by atoms with Crippen LogP contribution in [0, 0.1) is 0 Å². The maximum Gasteiger partial charge on any atom is 0.142 e. The van der Waals surface area contributed by atoms with Gasteiger partial charge in [-0.25, -0.2) is 0 Å². The number of nitrogens with zero attached hydrogens (tertiary/aromatic N) is 2. The van der Waals surface area contributed by atoms with Gasteiger partial charge in [-0.2, -0.15) is 0 Å². The third-order valence-corrected chi connectivity index (χ3v) is 4.66. The monoisotopic (exact) mass is 330 g/mol. The maximum atomic E-state index is 5.71. The van der Waals surface area contributed by atoms with Crippen LogP contribution in [-0.2, 0) is 0 Å². The van der Waals surface area contributed by atoms with Gasteiger partial charge in [0.1, 0.15) is 11.5 Å². The molecule has 0 fully saturated rings. The third-order valence-electron chi connectivity index (χ3n) is 4.66. The molecule has 4 heteroatoms. The summed E-state index contributed by atoms with van der Waals surface area (Å²) >= 11 is 0. The molecule has 24 heavy (non-hydrogen) atoms. The van der Waals surface area contributed by atoms with Crippen LogP contribution in [0.3, 0.4) is 0 Å². The Morgan fingerprint density at radius 2 is 1.04 bits per heavy atom. The average Bonchev–Trinajstić information content (AvgIpc) is 2.63. The number of benzene rings is 2. The SMILES string of the molecule is CCN(CC)c1c(OC)ccc2ccc(OC)c(N(CC)CC)c12. The molecule has 0 spiro atoms. The molecule has 0 bridgehead atoms. The molecule has 4 nitrogen and oxygen atoms in total. The van der Waals surface area contributed by atoms with Crippen molar-refractivity contribution in [3.63, 3.8) is 0 Å². The van der Waals surface area contributed by atoms with Crippen molar-refractivity contribution in [2.24, 2.45) is 0 Å². The molecule has 0 amide bonds. The fourth-order valence-corrected chi connectivity index (χ4v) is 3.38. The minimum Gasteiger partial charge on any atom is -0.495 e. The van der Waals surface area contributed by atoms with Gasteiger partial charge in [-0.15, -0.1) is 0 Å². The van der Waals surface area contributed by atoms with Gasteiger partial charge in [0.2, 0.25) is 0 Å². The quantitative estimate of drug-likeness (QED) is 0.709. The lowest BCUT2D eigenvalue weighted by molar-refractivity contribution is 0.413. The Kier molecular flexibility index (Phi) is 6.18. The zero-order valence-corrected chi connectivity index (χ0v) is 15.8. The molecule has 0 radical (unpaired) electrons. The number of anilines is 2. The average molecular weight is 330 g/mol. The van der Waals surface area contributed by atoms with E-state index in [0.717, 1.165) is 49.1 Å². The summed E-state index contributed by atoms with van der Waals surface area (Å²) in [6, 6.07) is 8.39. The molecule has 0 saturated heterocycles. The van der Waals surface area contributed by atoms with E-state index in [1.807, 2.05) is 0 Å². The van der Waals surface area contributed by atoms with Crippen molar-refractivity contribution in [2.75, 3.05) is 50.2 Å². The molecule has 0 atom stereocenters. The molecule has 2 aromatic carbocycles. The molecule has 0 aliphatic carbocycles. The molecule has 0 N–H and O–H groups in total. The lowest BCUT2D eigenvalue weighted by Crippen LogP contribution is -2.26. The fraction of sp³-hybridized carbons (Fsp3) is 0.500. The summed E-state index contributed by atoms with van der Waals surface area (Å²) in [6.07, 6.45) is 0. The maximum absolute atomic E-state index is 5.71. The molecule has 2 rings (SSSR count). The summed E-state index contributed by atoms with van der Waals surface area (Å²) in [5.74, 6) is 1.82. The predicted molar refractivity (Wildman–Crippen MR) is 104 cm³/mol. The number of fused-ring (bicyclic) bond motifs is 1. The summed E-state index contributed by atoms with van der Waals surface area (Å²) in [6.45, 7) is 12.4. The van der Waals surface area contributed by atoms with E-state index >= 15 is 0 Å². The van der Waals surface area contributed by atoms with Gasteiger partial charge in [-0.05, 0) is 45.2 Å². The van der Waals surface area contributed by atoms with Gasteiger partial charge < -0.3 is 19.3 Å². The third kappa shape index (κ3) is 3.10. The van der Waals surface area contributed by atoms with E-state index in [-0.39, 0.29) is 0 Å². The van der Waals surface area contributed by atoms with Gasteiger partial charge in [-0.1, -0.05) is 12.1 Å². The lowest BCUT2D eigenvalue weighted by atomic mass is 10.0. The van der Waals surface area contributed by atoms with Gasteiger partial charge in [0, 0.05) is 31.6 Å². The topological polar surface area (TPSA) is 24.9 Å². The van der Waals surface area contributed by atoms with Gasteiger partial charge in [0.05, 0.1) is 25.6 Å². The van der Waals surface area contributed by atoms with Crippen LogP contribution in [-0.4, -0.2) is 40.4 Å². The van der Waals surface area contributed by atoms with Crippen molar-refractivity contribution in [3.8, 4) is 11.5 Å². The Morgan fingerprint density at radius 1 is 0.667 bits per heavy atom. The van der Waals surface area contributed by atoms with E-state index in [1.54, 1.807) is 14.2 Å². The first-order chi connectivity index (χ1) is 11.7. The second-order valence-corrected chi connectivity index (χ2v) is 5.68. The van der Waals surface area contributed by atoms with Gasteiger partial charge in [-0.3, -0.25) is 0 Å². The Balaban J connectivity index is 2.94. The van der Waals surface area contributed by atoms with E-state index in [1.165, 1.54) is 10.8 Å².